The molecule has 2 N–H and O–H groups in total. The number of benzene rings is 2. The number of methoxy groups -OCH3 is 1. The summed E-state index contributed by atoms with van der Waals surface area (Å²) in [5.41, 5.74) is 2.11. The van der Waals surface area contributed by atoms with Crippen LogP contribution < -0.4 is 10.1 Å². The highest BCUT2D eigenvalue weighted by molar-refractivity contribution is 5.40. The Morgan fingerprint density at radius 3 is 2.64 bits per heavy atom. The monoisotopic (exact) mass is 383 g/mol. The fraction of sp³-hybridized carbons (Fsp3) is 0.500. The SMILES string of the molecule is CC[C@@]1(C)C[C@@](CCNCc2ccccc2O)(c2ccccc2OC)CCO1. The summed E-state index contributed by atoms with van der Waals surface area (Å²) in [7, 11) is 1.75. The van der Waals surface area contributed by atoms with Gasteiger partial charge in [0.25, 0.3) is 0 Å². The fourth-order valence-electron chi connectivity index (χ4n) is 4.45. The van der Waals surface area contributed by atoms with Crippen LogP contribution >= 0.6 is 0 Å². The number of hydrogen-bond donors (Lipinski definition) is 2. The third-order valence-electron chi connectivity index (χ3n) is 6.26. The van der Waals surface area contributed by atoms with Crippen LogP contribution in [0.4, 0.5) is 0 Å². The van der Waals surface area contributed by atoms with Crippen molar-refractivity contribution in [3.8, 4) is 11.5 Å². The molecular formula is C24H33NO3. The van der Waals surface area contributed by atoms with Gasteiger partial charge in [-0.1, -0.05) is 43.3 Å². The summed E-state index contributed by atoms with van der Waals surface area (Å²) in [6.07, 6.45) is 3.96. The van der Waals surface area contributed by atoms with Gasteiger partial charge < -0.3 is 19.9 Å². The predicted molar refractivity (Wildman–Crippen MR) is 113 cm³/mol. The molecule has 0 spiro atoms. The number of hydrogen-bond acceptors (Lipinski definition) is 4. The van der Waals surface area contributed by atoms with Crippen LogP contribution in [0.1, 0.15) is 50.7 Å². The molecule has 2 aromatic carbocycles. The van der Waals surface area contributed by atoms with Gasteiger partial charge in [0, 0.05) is 29.7 Å². The summed E-state index contributed by atoms with van der Waals surface area (Å²) in [6.45, 7) is 6.73. The van der Waals surface area contributed by atoms with Crippen LogP contribution in [0.25, 0.3) is 0 Å². The Morgan fingerprint density at radius 2 is 1.89 bits per heavy atom. The zero-order valence-electron chi connectivity index (χ0n) is 17.3. The van der Waals surface area contributed by atoms with Crippen LogP contribution in [0.5, 0.6) is 11.5 Å². The van der Waals surface area contributed by atoms with Crippen LogP contribution in [0, 0.1) is 0 Å². The van der Waals surface area contributed by atoms with Gasteiger partial charge >= 0.3 is 0 Å². The van der Waals surface area contributed by atoms with Crippen LogP contribution in [-0.2, 0) is 16.7 Å². The summed E-state index contributed by atoms with van der Waals surface area (Å²) in [5.74, 6) is 1.31. The van der Waals surface area contributed by atoms with Gasteiger partial charge in [-0.25, -0.2) is 0 Å². The van der Waals surface area contributed by atoms with E-state index in [2.05, 4.69) is 37.4 Å². The van der Waals surface area contributed by atoms with E-state index in [1.165, 1.54) is 5.56 Å². The normalized spacial score (nSPS) is 24.8. The molecule has 0 saturated carbocycles. The van der Waals surface area contributed by atoms with Crippen molar-refractivity contribution in [3.63, 3.8) is 0 Å². The van der Waals surface area contributed by atoms with E-state index in [4.69, 9.17) is 9.47 Å². The molecule has 1 saturated heterocycles. The Morgan fingerprint density at radius 1 is 1.14 bits per heavy atom. The van der Waals surface area contributed by atoms with Crippen LogP contribution in [0.2, 0.25) is 0 Å². The van der Waals surface area contributed by atoms with Gasteiger partial charge in [0.1, 0.15) is 11.5 Å². The molecule has 0 bridgehead atoms. The lowest BCUT2D eigenvalue weighted by Gasteiger charge is -2.47. The number of aromatic hydroxyl groups is 1. The maximum atomic E-state index is 9.98. The quantitative estimate of drug-likeness (QED) is 0.643. The zero-order valence-corrected chi connectivity index (χ0v) is 17.3. The highest BCUT2D eigenvalue weighted by Gasteiger charge is 2.44. The number of ether oxygens (including phenoxy) is 2. The third kappa shape index (κ3) is 4.50. The van der Waals surface area contributed by atoms with Crippen molar-refractivity contribution in [1.29, 1.82) is 0 Å². The maximum absolute atomic E-state index is 9.98. The molecule has 0 unspecified atom stereocenters. The van der Waals surface area contributed by atoms with Crippen LogP contribution in [0.3, 0.4) is 0 Å². The maximum Gasteiger partial charge on any atom is 0.122 e. The molecular weight excluding hydrogens is 350 g/mol. The van der Waals surface area contributed by atoms with Crippen molar-refractivity contribution in [2.45, 2.75) is 57.1 Å². The van der Waals surface area contributed by atoms with E-state index in [0.717, 1.165) is 50.1 Å². The second kappa shape index (κ2) is 8.97. The summed E-state index contributed by atoms with van der Waals surface area (Å²) in [5, 5.41) is 13.5. The molecule has 3 rings (SSSR count). The Balaban J connectivity index is 1.78. The summed E-state index contributed by atoms with van der Waals surface area (Å²) < 4.78 is 11.9. The van der Waals surface area contributed by atoms with Gasteiger partial charge in [-0.05, 0) is 51.3 Å². The molecule has 28 heavy (non-hydrogen) atoms. The number of nitrogens with one attached hydrogen (secondary N) is 1. The minimum atomic E-state index is -0.114. The van der Waals surface area contributed by atoms with Gasteiger partial charge in [-0.2, -0.15) is 0 Å². The Hall–Kier alpha value is -2.04. The van der Waals surface area contributed by atoms with Crippen molar-refractivity contribution in [2.24, 2.45) is 0 Å². The van der Waals surface area contributed by atoms with Gasteiger partial charge in [0.2, 0.25) is 0 Å². The van der Waals surface area contributed by atoms with E-state index in [1.807, 2.05) is 24.3 Å². The minimum absolute atomic E-state index is 0.0152. The fourth-order valence-corrected chi connectivity index (χ4v) is 4.45. The molecule has 1 aliphatic rings. The average Bonchev–Trinajstić information content (AvgIpc) is 2.72. The standard InChI is InChI=1S/C24H33NO3/c1-4-23(2)18-24(14-16-28-23,20-10-6-8-12-22(20)27-3)13-15-25-17-19-9-5-7-11-21(19)26/h5-12,25-26H,4,13-18H2,1-3H3/t23-,24-/m0/s1. The first kappa shape index (κ1) is 20.7. The average molecular weight is 384 g/mol. The lowest BCUT2D eigenvalue weighted by Crippen LogP contribution is -2.46. The summed E-state index contributed by atoms with van der Waals surface area (Å²) in [6, 6.07) is 15.9. The molecule has 2 aromatic rings. The second-order valence-corrected chi connectivity index (χ2v) is 8.11. The molecule has 0 aliphatic carbocycles. The van der Waals surface area contributed by atoms with Crippen LogP contribution in [0.15, 0.2) is 48.5 Å². The molecule has 1 heterocycles. The molecule has 152 valence electrons. The Bertz CT molecular complexity index is 778. The first-order chi connectivity index (χ1) is 13.5. The second-order valence-electron chi connectivity index (χ2n) is 8.11. The predicted octanol–water partition coefficient (Wildman–Crippen LogP) is 4.80. The van der Waals surface area contributed by atoms with Crippen molar-refractivity contribution in [1.82, 2.24) is 5.32 Å². The van der Waals surface area contributed by atoms with E-state index in [-0.39, 0.29) is 11.0 Å². The van der Waals surface area contributed by atoms with E-state index in [0.29, 0.717) is 12.3 Å². The molecule has 4 heteroatoms. The van der Waals surface area contributed by atoms with Crippen molar-refractivity contribution < 1.29 is 14.6 Å². The molecule has 0 aromatic heterocycles. The van der Waals surface area contributed by atoms with Gasteiger partial charge in [-0.15, -0.1) is 0 Å². The Kier molecular flexibility index (Phi) is 6.63. The summed E-state index contributed by atoms with van der Waals surface area (Å²) in [4.78, 5) is 0. The van der Waals surface area contributed by atoms with E-state index in [9.17, 15) is 5.11 Å². The van der Waals surface area contributed by atoms with Gasteiger partial charge in [0.15, 0.2) is 0 Å². The molecule has 1 fully saturated rings. The zero-order chi connectivity index (χ0) is 20.0. The molecule has 2 atom stereocenters. The van der Waals surface area contributed by atoms with Crippen molar-refractivity contribution in [3.05, 3.63) is 59.7 Å². The minimum Gasteiger partial charge on any atom is -0.508 e. The lowest BCUT2D eigenvalue weighted by atomic mass is 9.66. The van der Waals surface area contributed by atoms with Gasteiger partial charge in [0.05, 0.1) is 12.7 Å². The topological polar surface area (TPSA) is 50.7 Å². The number of phenols is 1. The smallest absolute Gasteiger partial charge is 0.122 e. The molecule has 0 radical (unpaired) electrons. The van der Waals surface area contributed by atoms with Crippen molar-refractivity contribution in [2.75, 3.05) is 20.3 Å². The van der Waals surface area contributed by atoms with Gasteiger partial charge in [-0.3, -0.25) is 0 Å². The first-order valence-electron chi connectivity index (χ1n) is 10.3. The highest BCUT2D eigenvalue weighted by Crippen LogP contribution is 2.47. The Labute approximate surface area is 168 Å². The number of para-hydroxylation sites is 2. The van der Waals surface area contributed by atoms with E-state index in [1.54, 1.807) is 13.2 Å². The molecule has 0 amide bonds. The largest absolute Gasteiger partial charge is 0.508 e. The summed E-state index contributed by atoms with van der Waals surface area (Å²) >= 11 is 0. The highest BCUT2D eigenvalue weighted by atomic mass is 16.5. The van der Waals surface area contributed by atoms with E-state index < -0.39 is 0 Å². The lowest BCUT2D eigenvalue weighted by molar-refractivity contribution is -0.0982. The number of phenolic OH excluding ortho intramolecular Hbond substituents is 1. The molecule has 1 aliphatic heterocycles. The number of rotatable bonds is 8. The van der Waals surface area contributed by atoms with E-state index >= 15 is 0 Å². The van der Waals surface area contributed by atoms with Crippen molar-refractivity contribution >= 4 is 0 Å². The van der Waals surface area contributed by atoms with Crippen LogP contribution in [-0.4, -0.2) is 31.0 Å². The first-order valence-corrected chi connectivity index (χ1v) is 10.3. The third-order valence-corrected chi connectivity index (χ3v) is 6.26. The molecule has 4 nitrogen and oxygen atoms in total.